The van der Waals surface area contributed by atoms with Crippen molar-refractivity contribution < 1.29 is 9.59 Å². The average molecular weight is 345 g/mol. The molecule has 4 nitrogen and oxygen atoms in total. The standard InChI is InChI=1S/C19H21ClN2O2/c1-4-13(3)21-19(24)15-7-5-6-8-17(15)22-18(23)14-10-9-12(2)11-16(14)20/h5-11,13H,4H2,1-3H3,(H,21,24)(H,22,23)/t13-/m1/s1. The number of aryl methyl sites for hydroxylation is 1. The van der Waals surface area contributed by atoms with Crippen molar-refractivity contribution in [3.63, 3.8) is 0 Å². The van der Waals surface area contributed by atoms with Crippen LogP contribution in [-0.2, 0) is 0 Å². The predicted octanol–water partition coefficient (Wildman–Crippen LogP) is 4.43. The van der Waals surface area contributed by atoms with E-state index in [0.29, 0.717) is 21.8 Å². The maximum absolute atomic E-state index is 12.5. The van der Waals surface area contributed by atoms with Crippen LogP contribution in [0.15, 0.2) is 42.5 Å². The first kappa shape index (κ1) is 18.0. The molecule has 2 N–H and O–H groups in total. The Balaban J connectivity index is 2.23. The number of hydrogen-bond donors (Lipinski definition) is 2. The number of hydrogen-bond acceptors (Lipinski definition) is 2. The number of amides is 2. The van der Waals surface area contributed by atoms with E-state index in [0.717, 1.165) is 12.0 Å². The molecule has 0 spiro atoms. The van der Waals surface area contributed by atoms with E-state index in [1.165, 1.54) is 0 Å². The van der Waals surface area contributed by atoms with Crippen molar-refractivity contribution >= 4 is 29.1 Å². The molecular weight excluding hydrogens is 324 g/mol. The van der Waals surface area contributed by atoms with Crippen LogP contribution in [0.25, 0.3) is 0 Å². The fourth-order valence-corrected chi connectivity index (χ4v) is 2.51. The Morgan fingerprint density at radius 2 is 1.79 bits per heavy atom. The number of benzene rings is 2. The summed E-state index contributed by atoms with van der Waals surface area (Å²) in [5, 5.41) is 6.06. The summed E-state index contributed by atoms with van der Waals surface area (Å²) in [6.07, 6.45) is 0.833. The first-order valence-corrected chi connectivity index (χ1v) is 8.27. The van der Waals surface area contributed by atoms with Gasteiger partial charge in [-0.2, -0.15) is 0 Å². The summed E-state index contributed by atoms with van der Waals surface area (Å²) in [6.45, 7) is 5.84. The molecule has 0 fully saturated rings. The van der Waals surface area contributed by atoms with Crippen LogP contribution in [-0.4, -0.2) is 17.9 Å². The zero-order chi connectivity index (χ0) is 17.7. The highest BCUT2D eigenvalue weighted by Gasteiger charge is 2.16. The molecule has 0 heterocycles. The van der Waals surface area contributed by atoms with Gasteiger partial charge in [-0.25, -0.2) is 0 Å². The molecule has 0 radical (unpaired) electrons. The molecule has 0 aliphatic carbocycles. The van der Waals surface area contributed by atoms with Gasteiger partial charge in [-0.3, -0.25) is 9.59 Å². The number of carbonyl (C=O) groups is 2. The monoisotopic (exact) mass is 344 g/mol. The minimum absolute atomic E-state index is 0.0628. The molecule has 0 saturated carbocycles. The van der Waals surface area contributed by atoms with Crippen molar-refractivity contribution in [2.45, 2.75) is 33.2 Å². The van der Waals surface area contributed by atoms with Crippen molar-refractivity contribution in [3.05, 3.63) is 64.2 Å². The van der Waals surface area contributed by atoms with E-state index in [2.05, 4.69) is 10.6 Å². The van der Waals surface area contributed by atoms with E-state index in [4.69, 9.17) is 11.6 Å². The van der Waals surface area contributed by atoms with Gasteiger partial charge in [0.05, 0.1) is 21.8 Å². The molecule has 126 valence electrons. The van der Waals surface area contributed by atoms with E-state index >= 15 is 0 Å². The third-order valence-corrected chi connectivity index (χ3v) is 4.09. The van der Waals surface area contributed by atoms with Crippen LogP contribution >= 0.6 is 11.6 Å². The lowest BCUT2D eigenvalue weighted by molar-refractivity contribution is 0.0940. The molecular formula is C19H21ClN2O2. The van der Waals surface area contributed by atoms with Crippen LogP contribution < -0.4 is 10.6 Å². The van der Waals surface area contributed by atoms with Crippen molar-refractivity contribution in [2.24, 2.45) is 0 Å². The minimum atomic E-state index is -0.344. The summed E-state index contributed by atoms with van der Waals surface area (Å²) in [5.74, 6) is -0.556. The molecule has 5 heteroatoms. The van der Waals surface area contributed by atoms with Gasteiger partial charge >= 0.3 is 0 Å². The number of carbonyl (C=O) groups excluding carboxylic acids is 2. The van der Waals surface area contributed by atoms with E-state index in [-0.39, 0.29) is 17.9 Å². The highest BCUT2D eigenvalue weighted by molar-refractivity contribution is 6.34. The third-order valence-electron chi connectivity index (χ3n) is 3.78. The Labute approximate surface area is 147 Å². The van der Waals surface area contributed by atoms with E-state index in [1.807, 2.05) is 26.8 Å². The number of halogens is 1. The predicted molar refractivity (Wildman–Crippen MR) is 97.8 cm³/mol. The van der Waals surface area contributed by atoms with Crippen molar-refractivity contribution in [2.75, 3.05) is 5.32 Å². The highest BCUT2D eigenvalue weighted by Crippen LogP contribution is 2.21. The summed E-state index contributed by atoms with van der Waals surface area (Å²) in [4.78, 5) is 24.8. The number of nitrogens with one attached hydrogen (secondary N) is 2. The van der Waals surface area contributed by atoms with E-state index in [9.17, 15) is 9.59 Å². The number of para-hydroxylation sites is 1. The maximum atomic E-state index is 12.5. The van der Waals surface area contributed by atoms with Crippen molar-refractivity contribution in [1.82, 2.24) is 5.32 Å². The van der Waals surface area contributed by atoms with Crippen LogP contribution in [0.1, 0.15) is 46.5 Å². The minimum Gasteiger partial charge on any atom is -0.350 e. The summed E-state index contributed by atoms with van der Waals surface area (Å²) in [5.41, 5.74) is 2.23. The molecule has 0 aliphatic rings. The van der Waals surface area contributed by atoms with Crippen LogP contribution in [0.4, 0.5) is 5.69 Å². The maximum Gasteiger partial charge on any atom is 0.257 e. The SMILES string of the molecule is CC[C@@H](C)NC(=O)c1ccccc1NC(=O)c1ccc(C)cc1Cl. The van der Waals surface area contributed by atoms with Gasteiger partial charge in [-0.1, -0.05) is 36.7 Å². The Kier molecular flexibility index (Phi) is 5.99. The Hall–Kier alpha value is -2.33. The third kappa shape index (κ3) is 4.36. The van der Waals surface area contributed by atoms with Crippen LogP contribution in [0.3, 0.4) is 0 Å². The lowest BCUT2D eigenvalue weighted by Crippen LogP contribution is -2.32. The smallest absolute Gasteiger partial charge is 0.257 e. The summed E-state index contributed by atoms with van der Waals surface area (Å²) >= 11 is 6.14. The molecule has 0 aliphatic heterocycles. The largest absolute Gasteiger partial charge is 0.350 e. The molecule has 0 bridgehead atoms. The Morgan fingerprint density at radius 1 is 1.08 bits per heavy atom. The zero-order valence-corrected chi connectivity index (χ0v) is 14.8. The second kappa shape index (κ2) is 7.97. The molecule has 1 atom stereocenters. The topological polar surface area (TPSA) is 58.2 Å². The Morgan fingerprint density at radius 3 is 2.46 bits per heavy atom. The van der Waals surface area contributed by atoms with Gasteiger partial charge < -0.3 is 10.6 Å². The number of rotatable bonds is 5. The summed E-state index contributed by atoms with van der Waals surface area (Å²) < 4.78 is 0. The fourth-order valence-electron chi connectivity index (χ4n) is 2.19. The number of anilines is 1. The summed E-state index contributed by atoms with van der Waals surface area (Å²) in [6, 6.07) is 12.2. The molecule has 2 rings (SSSR count). The van der Waals surface area contributed by atoms with E-state index < -0.39 is 0 Å². The molecule has 24 heavy (non-hydrogen) atoms. The van der Waals surface area contributed by atoms with Crippen molar-refractivity contribution in [3.8, 4) is 0 Å². The second-order valence-corrected chi connectivity index (χ2v) is 6.17. The van der Waals surface area contributed by atoms with Crippen LogP contribution in [0.2, 0.25) is 5.02 Å². The first-order valence-electron chi connectivity index (χ1n) is 7.89. The van der Waals surface area contributed by atoms with Gasteiger partial charge in [0.15, 0.2) is 0 Å². The quantitative estimate of drug-likeness (QED) is 0.843. The second-order valence-electron chi connectivity index (χ2n) is 5.77. The summed E-state index contributed by atoms with van der Waals surface area (Å²) in [7, 11) is 0. The van der Waals surface area contributed by atoms with Gasteiger partial charge in [0.25, 0.3) is 11.8 Å². The van der Waals surface area contributed by atoms with Crippen LogP contribution in [0.5, 0.6) is 0 Å². The Bertz CT molecular complexity index is 759. The van der Waals surface area contributed by atoms with Crippen LogP contribution in [0, 0.1) is 6.92 Å². The lowest BCUT2D eigenvalue weighted by atomic mass is 10.1. The highest BCUT2D eigenvalue weighted by atomic mass is 35.5. The fraction of sp³-hybridized carbons (Fsp3) is 0.263. The molecule has 0 saturated heterocycles. The van der Waals surface area contributed by atoms with Gasteiger partial charge in [0.1, 0.15) is 0 Å². The first-order chi connectivity index (χ1) is 11.4. The molecule has 0 aromatic heterocycles. The van der Waals surface area contributed by atoms with Crippen molar-refractivity contribution in [1.29, 1.82) is 0 Å². The normalized spacial score (nSPS) is 11.7. The molecule has 0 unspecified atom stereocenters. The zero-order valence-electron chi connectivity index (χ0n) is 14.0. The molecule has 2 amide bonds. The van der Waals surface area contributed by atoms with Gasteiger partial charge in [0.2, 0.25) is 0 Å². The molecule has 2 aromatic rings. The van der Waals surface area contributed by atoms with Gasteiger partial charge in [0, 0.05) is 6.04 Å². The molecule has 2 aromatic carbocycles. The van der Waals surface area contributed by atoms with Gasteiger partial charge in [-0.15, -0.1) is 0 Å². The van der Waals surface area contributed by atoms with E-state index in [1.54, 1.807) is 36.4 Å². The average Bonchev–Trinajstić information content (AvgIpc) is 2.54. The lowest BCUT2D eigenvalue weighted by Gasteiger charge is -2.15. The van der Waals surface area contributed by atoms with Gasteiger partial charge in [-0.05, 0) is 50.1 Å².